The second-order valence-electron chi connectivity index (χ2n) is 2.84. The van der Waals surface area contributed by atoms with Gasteiger partial charge in [-0.2, -0.15) is 13.2 Å². The summed E-state index contributed by atoms with van der Waals surface area (Å²) in [6.07, 6.45) is -1.56. The van der Waals surface area contributed by atoms with Gasteiger partial charge in [-0.25, -0.2) is 0 Å². The van der Waals surface area contributed by atoms with Crippen LogP contribution in [0.2, 0.25) is 0 Å². The SMILES string of the molecule is CCNc1cncc(OCC(F)(F)F)c1. The number of alkyl halides is 3. The van der Waals surface area contributed by atoms with E-state index in [1.165, 1.54) is 18.5 Å². The Morgan fingerprint density at radius 3 is 2.73 bits per heavy atom. The van der Waals surface area contributed by atoms with E-state index in [-0.39, 0.29) is 5.75 Å². The van der Waals surface area contributed by atoms with Crippen molar-refractivity contribution in [2.75, 3.05) is 18.5 Å². The van der Waals surface area contributed by atoms with Crippen LogP contribution in [0.1, 0.15) is 6.92 Å². The molecule has 0 aromatic carbocycles. The Balaban J connectivity index is 2.57. The summed E-state index contributed by atoms with van der Waals surface area (Å²) in [4.78, 5) is 3.75. The zero-order valence-corrected chi connectivity index (χ0v) is 8.14. The van der Waals surface area contributed by atoms with Crippen LogP contribution in [0.3, 0.4) is 0 Å². The maximum atomic E-state index is 11.8. The van der Waals surface area contributed by atoms with Gasteiger partial charge in [0.1, 0.15) is 5.75 Å². The van der Waals surface area contributed by atoms with Crippen LogP contribution in [0.4, 0.5) is 18.9 Å². The quantitative estimate of drug-likeness (QED) is 0.846. The highest BCUT2D eigenvalue weighted by atomic mass is 19.4. The van der Waals surface area contributed by atoms with Crippen molar-refractivity contribution in [1.82, 2.24) is 4.98 Å². The third kappa shape index (κ3) is 4.53. The average Bonchev–Trinajstić information content (AvgIpc) is 2.15. The molecule has 15 heavy (non-hydrogen) atoms. The Bertz CT molecular complexity index is 314. The zero-order chi connectivity index (χ0) is 11.3. The van der Waals surface area contributed by atoms with Gasteiger partial charge in [0.2, 0.25) is 0 Å². The van der Waals surface area contributed by atoms with Crippen LogP contribution in [-0.2, 0) is 0 Å². The van der Waals surface area contributed by atoms with E-state index in [1.807, 2.05) is 6.92 Å². The number of anilines is 1. The molecule has 0 unspecified atom stereocenters. The molecule has 0 bridgehead atoms. The fourth-order valence-corrected chi connectivity index (χ4v) is 0.964. The molecule has 1 aromatic heterocycles. The van der Waals surface area contributed by atoms with Gasteiger partial charge in [0.05, 0.1) is 18.1 Å². The van der Waals surface area contributed by atoms with Gasteiger partial charge >= 0.3 is 6.18 Å². The van der Waals surface area contributed by atoms with E-state index in [1.54, 1.807) is 0 Å². The van der Waals surface area contributed by atoms with Gasteiger partial charge in [-0.15, -0.1) is 0 Å². The molecule has 0 amide bonds. The summed E-state index contributed by atoms with van der Waals surface area (Å²) in [5, 5.41) is 2.92. The first-order chi connectivity index (χ1) is 7.01. The molecule has 0 aliphatic rings. The number of aromatic nitrogens is 1. The van der Waals surface area contributed by atoms with Crippen molar-refractivity contribution in [1.29, 1.82) is 0 Å². The minimum Gasteiger partial charge on any atom is -0.482 e. The number of hydrogen-bond donors (Lipinski definition) is 1. The molecule has 0 saturated heterocycles. The molecule has 1 aromatic rings. The number of nitrogens with zero attached hydrogens (tertiary/aromatic N) is 1. The molecule has 3 nitrogen and oxygen atoms in total. The largest absolute Gasteiger partial charge is 0.482 e. The maximum Gasteiger partial charge on any atom is 0.422 e. The van der Waals surface area contributed by atoms with E-state index >= 15 is 0 Å². The summed E-state index contributed by atoms with van der Waals surface area (Å²) >= 11 is 0. The summed E-state index contributed by atoms with van der Waals surface area (Å²) in [6.45, 7) is 1.25. The Hall–Kier alpha value is -1.46. The summed E-state index contributed by atoms with van der Waals surface area (Å²) in [6, 6.07) is 1.47. The van der Waals surface area contributed by atoms with E-state index in [4.69, 9.17) is 0 Å². The van der Waals surface area contributed by atoms with E-state index in [0.29, 0.717) is 12.2 Å². The number of hydrogen-bond acceptors (Lipinski definition) is 3. The Morgan fingerprint density at radius 1 is 1.40 bits per heavy atom. The van der Waals surface area contributed by atoms with E-state index < -0.39 is 12.8 Å². The Morgan fingerprint density at radius 2 is 2.13 bits per heavy atom. The van der Waals surface area contributed by atoms with Gasteiger partial charge in [-0.3, -0.25) is 4.98 Å². The molecule has 1 rings (SSSR count). The zero-order valence-electron chi connectivity index (χ0n) is 8.14. The second-order valence-corrected chi connectivity index (χ2v) is 2.84. The summed E-state index contributed by atoms with van der Waals surface area (Å²) in [5.74, 6) is 0.103. The number of rotatable bonds is 4. The monoisotopic (exact) mass is 220 g/mol. The van der Waals surface area contributed by atoms with Gasteiger partial charge in [0.25, 0.3) is 0 Å². The topological polar surface area (TPSA) is 34.2 Å². The maximum absolute atomic E-state index is 11.8. The summed E-state index contributed by atoms with van der Waals surface area (Å²) < 4.78 is 40.0. The summed E-state index contributed by atoms with van der Waals surface area (Å²) in [7, 11) is 0. The first-order valence-electron chi connectivity index (χ1n) is 4.40. The molecule has 0 atom stereocenters. The number of halogens is 3. The Labute approximate surface area is 85.3 Å². The molecule has 84 valence electrons. The lowest BCUT2D eigenvalue weighted by molar-refractivity contribution is -0.153. The Kier molecular flexibility index (Phi) is 3.76. The number of ether oxygens (including phenoxy) is 1. The normalized spacial score (nSPS) is 11.2. The molecule has 0 aliphatic heterocycles. The van der Waals surface area contributed by atoms with Crippen LogP contribution in [0.5, 0.6) is 5.75 Å². The van der Waals surface area contributed by atoms with Crippen molar-refractivity contribution in [2.45, 2.75) is 13.1 Å². The fraction of sp³-hybridized carbons (Fsp3) is 0.444. The lowest BCUT2D eigenvalue weighted by atomic mass is 10.4. The lowest BCUT2D eigenvalue weighted by Gasteiger charge is -2.09. The lowest BCUT2D eigenvalue weighted by Crippen LogP contribution is -2.19. The number of pyridine rings is 1. The van der Waals surface area contributed by atoms with Crippen molar-refractivity contribution in [3.63, 3.8) is 0 Å². The molecule has 0 spiro atoms. The molecule has 1 heterocycles. The first kappa shape index (κ1) is 11.6. The summed E-state index contributed by atoms with van der Waals surface area (Å²) in [5.41, 5.74) is 0.636. The van der Waals surface area contributed by atoms with Crippen molar-refractivity contribution in [3.05, 3.63) is 18.5 Å². The van der Waals surface area contributed by atoms with Crippen molar-refractivity contribution in [2.24, 2.45) is 0 Å². The minimum absolute atomic E-state index is 0.103. The van der Waals surface area contributed by atoms with Crippen molar-refractivity contribution >= 4 is 5.69 Å². The molecule has 1 N–H and O–H groups in total. The van der Waals surface area contributed by atoms with Crippen LogP contribution in [0.15, 0.2) is 18.5 Å². The third-order valence-electron chi connectivity index (χ3n) is 1.50. The molecule has 0 aliphatic carbocycles. The van der Waals surface area contributed by atoms with Crippen LogP contribution in [-0.4, -0.2) is 24.3 Å². The highest BCUT2D eigenvalue weighted by Gasteiger charge is 2.28. The highest BCUT2D eigenvalue weighted by Crippen LogP contribution is 2.19. The molecule has 6 heteroatoms. The van der Waals surface area contributed by atoms with Gasteiger partial charge in [0.15, 0.2) is 6.61 Å². The van der Waals surface area contributed by atoms with Gasteiger partial charge in [0, 0.05) is 12.6 Å². The minimum atomic E-state index is -4.33. The first-order valence-corrected chi connectivity index (χ1v) is 4.40. The van der Waals surface area contributed by atoms with Crippen LogP contribution in [0.25, 0.3) is 0 Å². The number of nitrogens with one attached hydrogen (secondary N) is 1. The van der Waals surface area contributed by atoms with Gasteiger partial charge < -0.3 is 10.1 Å². The van der Waals surface area contributed by atoms with Crippen LogP contribution < -0.4 is 10.1 Å². The smallest absolute Gasteiger partial charge is 0.422 e. The van der Waals surface area contributed by atoms with Gasteiger partial charge in [-0.1, -0.05) is 0 Å². The van der Waals surface area contributed by atoms with E-state index in [2.05, 4.69) is 15.0 Å². The molecular formula is C9H11F3N2O. The molecule has 0 saturated carbocycles. The van der Waals surface area contributed by atoms with Crippen LogP contribution in [0, 0.1) is 0 Å². The van der Waals surface area contributed by atoms with E-state index in [9.17, 15) is 13.2 Å². The molecular weight excluding hydrogens is 209 g/mol. The molecule has 0 radical (unpaired) electrons. The second kappa shape index (κ2) is 4.86. The van der Waals surface area contributed by atoms with Crippen molar-refractivity contribution in [3.8, 4) is 5.75 Å². The van der Waals surface area contributed by atoms with Crippen LogP contribution >= 0.6 is 0 Å². The van der Waals surface area contributed by atoms with Gasteiger partial charge in [-0.05, 0) is 6.92 Å². The standard InChI is InChI=1S/C9H11F3N2O/c1-2-14-7-3-8(5-13-4-7)15-6-9(10,11)12/h3-5,14H,2,6H2,1H3. The average molecular weight is 220 g/mol. The van der Waals surface area contributed by atoms with E-state index in [0.717, 1.165) is 0 Å². The highest BCUT2D eigenvalue weighted by molar-refractivity contribution is 5.44. The predicted octanol–water partition coefficient (Wildman–Crippen LogP) is 2.45. The molecule has 0 fully saturated rings. The van der Waals surface area contributed by atoms with Crippen molar-refractivity contribution < 1.29 is 17.9 Å². The third-order valence-corrected chi connectivity index (χ3v) is 1.50. The predicted molar refractivity (Wildman–Crippen MR) is 50.0 cm³/mol. The fourth-order valence-electron chi connectivity index (χ4n) is 0.964.